The number of amides is 1. The summed E-state index contributed by atoms with van der Waals surface area (Å²) < 4.78 is 46.6. The lowest BCUT2D eigenvalue weighted by Crippen LogP contribution is -2.45. The molecule has 0 bridgehead atoms. The molecule has 0 spiro atoms. The molecule has 8 heteroatoms. The van der Waals surface area contributed by atoms with Gasteiger partial charge < -0.3 is 10.1 Å². The molecule has 0 aliphatic rings. The van der Waals surface area contributed by atoms with Crippen LogP contribution in [0.3, 0.4) is 0 Å². The van der Waals surface area contributed by atoms with Crippen molar-refractivity contribution in [3.05, 3.63) is 89.7 Å². The molecule has 31 heavy (non-hydrogen) atoms. The minimum Gasteiger partial charge on any atom is -0.495 e. The summed E-state index contributed by atoms with van der Waals surface area (Å²) >= 11 is 0. The minimum absolute atomic E-state index is 0.126. The molecule has 0 unspecified atom stereocenters. The highest BCUT2D eigenvalue weighted by atomic mass is 32.2. The molecule has 162 valence electrons. The van der Waals surface area contributed by atoms with Crippen LogP contribution in [0.15, 0.2) is 77.7 Å². The van der Waals surface area contributed by atoms with Crippen molar-refractivity contribution in [1.82, 2.24) is 4.72 Å². The number of carbonyl (C=O) groups is 1. The van der Waals surface area contributed by atoms with Gasteiger partial charge in [-0.25, -0.2) is 12.8 Å². The molecule has 0 aromatic heterocycles. The standard InChI is InChI=1S/C23H23FN2O4S/c1-16-8-13-22(30-2)20(14-16)25-23(27)21(15-17-6-4-3-5-7-17)26-31(28,29)19-11-9-18(24)10-12-19/h3-14,21,26H,15H2,1-2H3,(H,25,27)/t21-/m0/s1. The third-order valence-corrected chi connectivity index (χ3v) is 6.12. The van der Waals surface area contributed by atoms with Crippen LogP contribution in [-0.4, -0.2) is 27.5 Å². The van der Waals surface area contributed by atoms with E-state index in [1.54, 1.807) is 24.3 Å². The Morgan fingerprint density at radius 1 is 1.03 bits per heavy atom. The molecule has 0 heterocycles. The second kappa shape index (κ2) is 9.72. The van der Waals surface area contributed by atoms with Gasteiger partial charge in [-0.3, -0.25) is 4.79 Å². The van der Waals surface area contributed by atoms with E-state index >= 15 is 0 Å². The first-order valence-corrected chi connectivity index (χ1v) is 11.0. The predicted molar refractivity (Wildman–Crippen MR) is 117 cm³/mol. The number of anilines is 1. The lowest BCUT2D eigenvalue weighted by atomic mass is 10.1. The fourth-order valence-corrected chi connectivity index (χ4v) is 4.24. The highest BCUT2D eigenvalue weighted by Crippen LogP contribution is 2.25. The summed E-state index contributed by atoms with van der Waals surface area (Å²) in [5.74, 6) is -0.638. The Hall–Kier alpha value is -3.23. The van der Waals surface area contributed by atoms with Crippen molar-refractivity contribution in [3.8, 4) is 5.75 Å². The lowest BCUT2D eigenvalue weighted by molar-refractivity contribution is -0.117. The van der Waals surface area contributed by atoms with Gasteiger partial charge in [0.15, 0.2) is 0 Å². The number of benzene rings is 3. The fourth-order valence-electron chi connectivity index (χ4n) is 3.05. The highest BCUT2D eigenvalue weighted by molar-refractivity contribution is 7.89. The van der Waals surface area contributed by atoms with Crippen molar-refractivity contribution in [1.29, 1.82) is 0 Å². The maximum absolute atomic E-state index is 13.2. The first-order chi connectivity index (χ1) is 14.8. The summed E-state index contributed by atoms with van der Waals surface area (Å²) in [6.07, 6.45) is 0.126. The average Bonchev–Trinajstić information content (AvgIpc) is 2.74. The topological polar surface area (TPSA) is 84.5 Å². The van der Waals surface area contributed by atoms with Crippen LogP contribution in [0.2, 0.25) is 0 Å². The van der Waals surface area contributed by atoms with Crippen LogP contribution in [-0.2, 0) is 21.2 Å². The molecule has 0 aliphatic heterocycles. The maximum atomic E-state index is 13.2. The van der Waals surface area contributed by atoms with Crippen molar-refractivity contribution in [2.45, 2.75) is 24.3 Å². The third-order valence-electron chi connectivity index (χ3n) is 4.63. The normalized spacial score (nSPS) is 12.2. The third kappa shape index (κ3) is 5.90. The van der Waals surface area contributed by atoms with Gasteiger partial charge in [0.2, 0.25) is 15.9 Å². The van der Waals surface area contributed by atoms with E-state index in [9.17, 15) is 17.6 Å². The molecule has 0 radical (unpaired) electrons. The molecule has 0 saturated carbocycles. The van der Waals surface area contributed by atoms with Gasteiger partial charge >= 0.3 is 0 Å². The Morgan fingerprint density at radius 2 is 1.71 bits per heavy atom. The van der Waals surface area contributed by atoms with Crippen molar-refractivity contribution in [2.75, 3.05) is 12.4 Å². The predicted octanol–water partition coefficient (Wildman–Crippen LogP) is 3.67. The summed E-state index contributed by atoms with van der Waals surface area (Å²) in [7, 11) is -2.58. The van der Waals surface area contributed by atoms with Gasteiger partial charge in [-0.05, 0) is 60.9 Å². The Kier molecular flexibility index (Phi) is 7.04. The molecule has 1 atom stereocenters. The molecule has 3 aromatic carbocycles. The van der Waals surface area contributed by atoms with E-state index in [0.717, 1.165) is 35.4 Å². The molecule has 3 rings (SSSR count). The molecule has 0 fully saturated rings. The van der Waals surface area contributed by atoms with E-state index in [2.05, 4.69) is 10.0 Å². The molecule has 2 N–H and O–H groups in total. The maximum Gasteiger partial charge on any atom is 0.243 e. The second-order valence-corrected chi connectivity index (χ2v) is 8.72. The molecule has 1 amide bonds. The summed E-state index contributed by atoms with van der Waals surface area (Å²) in [5, 5.41) is 2.75. The van der Waals surface area contributed by atoms with Crippen LogP contribution in [0.5, 0.6) is 5.75 Å². The summed E-state index contributed by atoms with van der Waals surface area (Å²) in [6.45, 7) is 1.87. The number of carbonyl (C=O) groups excluding carboxylic acids is 1. The number of sulfonamides is 1. The van der Waals surface area contributed by atoms with Crippen molar-refractivity contribution in [3.63, 3.8) is 0 Å². The summed E-state index contributed by atoms with van der Waals surface area (Å²) in [4.78, 5) is 13.0. The van der Waals surface area contributed by atoms with Crippen molar-refractivity contribution < 1.29 is 22.3 Å². The zero-order valence-corrected chi connectivity index (χ0v) is 17.9. The SMILES string of the molecule is COc1ccc(C)cc1NC(=O)[C@H](Cc1ccccc1)NS(=O)(=O)c1ccc(F)cc1. The van der Waals surface area contributed by atoms with Gasteiger partial charge in [0, 0.05) is 0 Å². The van der Waals surface area contributed by atoms with E-state index < -0.39 is 27.8 Å². The van der Waals surface area contributed by atoms with Crippen LogP contribution in [0.4, 0.5) is 10.1 Å². The smallest absolute Gasteiger partial charge is 0.243 e. The summed E-state index contributed by atoms with van der Waals surface area (Å²) in [6, 6.07) is 17.7. The van der Waals surface area contributed by atoms with E-state index in [0.29, 0.717) is 11.4 Å². The average molecular weight is 443 g/mol. The van der Waals surface area contributed by atoms with E-state index in [1.165, 1.54) is 7.11 Å². The van der Waals surface area contributed by atoms with E-state index in [4.69, 9.17) is 4.74 Å². The van der Waals surface area contributed by atoms with Crippen LogP contribution >= 0.6 is 0 Å². The van der Waals surface area contributed by atoms with E-state index in [1.807, 2.05) is 31.2 Å². The first kappa shape index (κ1) is 22.5. The van der Waals surface area contributed by atoms with Gasteiger partial charge in [0.1, 0.15) is 17.6 Å². The molecular weight excluding hydrogens is 419 g/mol. The number of nitrogens with one attached hydrogen (secondary N) is 2. The Labute approximate surface area is 181 Å². The second-order valence-electron chi connectivity index (χ2n) is 7.01. The van der Waals surface area contributed by atoms with Crippen LogP contribution in [0.25, 0.3) is 0 Å². The molecule has 3 aromatic rings. The lowest BCUT2D eigenvalue weighted by Gasteiger charge is -2.20. The molecular formula is C23H23FN2O4S. The molecule has 0 aliphatic carbocycles. The largest absolute Gasteiger partial charge is 0.495 e. The Balaban J connectivity index is 1.90. The van der Waals surface area contributed by atoms with Crippen LogP contribution < -0.4 is 14.8 Å². The fraction of sp³-hybridized carbons (Fsp3) is 0.174. The molecule has 0 saturated heterocycles. The Bertz CT molecular complexity index is 1150. The van der Waals surface area contributed by atoms with Gasteiger partial charge in [0.05, 0.1) is 17.7 Å². The van der Waals surface area contributed by atoms with Crippen molar-refractivity contribution in [2.24, 2.45) is 0 Å². The van der Waals surface area contributed by atoms with Crippen LogP contribution in [0, 0.1) is 12.7 Å². The van der Waals surface area contributed by atoms with Gasteiger partial charge in [-0.1, -0.05) is 36.4 Å². The first-order valence-electron chi connectivity index (χ1n) is 9.56. The van der Waals surface area contributed by atoms with Gasteiger partial charge in [0.25, 0.3) is 0 Å². The quantitative estimate of drug-likeness (QED) is 0.558. The number of ether oxygens (including phenoxy) is 1. The monoisotopic (exact) mass is 442 g/mol. The van der Waals surface area contributed by atoms with Crippen molar-refractivity contribution >= 4 is 21.6 Å². The number of rotatable bonds is 8. The number of halogens is 1. The zero-order chi connectivity index (χ0) is 22.4. The van der Waals surface area contributed by atoms with Gasteiger partial charge in [-0.2, -0.15) is 4.72 Å². The number of hydrogen-bond acceptors (Lipinski definition) is 4. The Morgan fingerprint density at radius 3 is 2.35 bits per heavy atom. The zero-order valence-electron chi connectivity index (χ0n) is 17.1. The van der Waals surface area contributed by atoms with Gasteiger partial charge in [-0.15, -0.1) is 0 Å². The highest BCUT2D eigenvalue weighted by Gasteiger charge is 2.27. The molecule has 6 nitrogen and oxygen atoms in total. The van der Waals surface area contributed by atoms with Crippen LogP contribution in [0.1, 0.15) is 11.1 Å². The number of methoxy groups -OCH3 is 1. The van der Waals surface area contributed by atoms with E-state index in [-0.39, 0.29) is 11.3 Å². The number of aryl methyl sites for hydroxylation is 1. The summed E-state index contributed by atoms with van der Waals surface area (Å²) in [5.41, 5.74) is 2.12. The number of hydrogen-bond donors (Lipinski definition) is 2. The minimum atomic E-state index is -4.07.